The summed E-state index contributed by atoms with van der Waals surface area (Å²) in [5.41, 5.74) is 2.44. The van der Waals surface area contributed by atoms with Gasteiger partial charge in [-0.1, -0.05) is 18.2 Å². The maximum atomic E-state index is 13.2. The molecule has 2 aliphatic rings. The highest BCUT2D eigenvalue weighted by atomic mass is 16.5. The van der Waals surface area contributed by atoms with Crippen LogP contribution in [-0.4, -0.2) is 29.9 Å². The van der Waals surface area contributed by atoms with Crippen molar-refractivity contribution in [3.8, 4) is 5.75 Å². The summed E-state index contributed by atoms with van der Waals surface area (Å²) >= 11 is 0. The van der Waals surface area contributed by atoms with Gasteiger partial charge in [0.1, 0.15) is 5.75 Å². The molecule has 2 amide bonds. The lowest BCUT2D eigenvalue weighted by Gasteiger charge is -2.25. The van der Waals surface area contributed by atoms with Gasteiger partial charge in [-0.05, 0) is 68.5 Å². The van der Waals surface area contributed by atoms with Crippen LogP contribution in [0.25, 0.3) is 0 Å². The molecular formula is C23H26N2O3. The van der Waals surface area contributed by atoms with Gasteiger partial charge in [0.15, 0.2) is 0 Å². The Hall–Kier alpha value is -2.82. The van der Waals surface area contributed by atoms with E-state index in [-0.39, 0.29) is 23.8 Å². The van der Waals surface area contributed by atoms with Crippen LogP contribution >= 0.6 is 0 Å². The molecule has 2 fully saturated rings. The summed E-state index contributed by atoms with van der Waals surface area (Å²) in [6, 6.07) is 15.4. The topological polar surface area (TPSA) is 58.6 Å². The highest BCUT2D eigenvalue weighted by molar-refractivity contribution is 5.98. The molecule has 1 heterocycles. The first kappa shape index (κ1) is 18.5. The minimum atomic E-state index is 0.0129. The van der Waals surface area contributed by atoms with Crippen molar-refractivity contribution >= 4 is 17.5 Å². The van der Waals surface area contributed by atoms with Crippen molar-refractivity contribution in [3.63, 3.8) is 0 Å². The summed E-state index contributed by atoms with van der Waals surface area (Å²) in [5, 5.41) is 2.93. The largest absolute Gasteiger partial charge is 0.494 e. The van der Waals surface area contributed by atoms with Crippen LogP contribution in [0.5, 0.6) is 5.75 Å². The molecule has 0 bridgehead atoms. The zero-order valence-corrected chi connectivity index (χ0v) is 16.2. The second-order valence-electron chi connectivity index (χ2n) is 7.50. The number of hydrogen-bond acceptors (Lipinski definition) is 3. The van der Waals surface area contributed by atoms with Crippen molar-refractivity contribution in [2.24, 2.45) is 5.92 Å². The second-order valence-corrected chi connectivity index (χ2v) is 7.50. The smallest absolute Gasteiger partial charge is 0.254 e. The average Bonchev–Trinajstić information content (AvgIpc) is 3.46. The number of nitrogens with one attached hydrogen (secondary N) is 1. The number of carbonyl (C=O) groups excluding carboxylic acids is 2. The summed E-state index contributed by atoms with van der Waals surface area (Å²) < 4.78 is 5.52. The monoisotopic (exact) mass is 378 g/mol. The zero-order chi connectivity index (χ0) is 19.5. The third-order valence-corrected chi connectivity index (χ3v) is 5.41. The van der Waals surface area contributed by atoms with E-state index in [4.69, 9.17) is 4.74 Å². The quantitative estimate of drug-likeness (QED) is 0.810. The first-order chi connectivity index (χ1) is 13.7. The number of carbonyl (C=O) groups is 2. The number of ether oxygens (including phenoxy) is 1. The molecule has 2 aromatic carbocycles. The van der Waals surface area contributed by atoms with Crippen LogP contribution in [-0.2, 0) is 4.79 Å². The molecule has 4 rings (SSSR count). The minimum Gasteiger partial charge on any atom is -0.494 e. The summed E-state index contributed by atoms with van der Waals surface area (Å²) in [4.78, 5) is 27.1. The molecule has 1 aliphatic carbocycles. The molecule has 2 aromatic rings. The van der Waals surface area contributed by atoms with E-state index >= 15 is 0 Å². The fraction of sp³-hybridized carbons (Fsp3) is 0.391. The Morgan fingerprint density at radius 2 is 1.89 bits per heavy atom. The molecule has 146 valence electrons. The summed E-state index contributed by atoms with van der Waals surface area (Å²) in [5.74, 6) is 1.06. The first-order valence-corrected chi connectivity index (χ1v) is 10.1. The van der Waals surface area contributed by atoms with Crippen LogP contribution in [0, 0.1) is 5.92 Å². The van der Waals surface area contributed by atoms with Gasteiger partial charge < -0.3 is 15.0 Å². The van der Waals surface area contributed by atoms with E-state index in [9.17, 15) is 9.59 Å². The molecule has 1 saturated heterocycles. The number of likely N-dealkylation sites (tertiary alicyclic amines) is 1. The second kappa shape index (κ2) is 8.05. The molecule has 0 spiro atoms. The predicted molar refractivity (Wildman–Crippen MR) is 108 cm³/mol. The van der Waals surface area contributed by atoms with Crippen molar-refractivity contribution in [3.05, 3.63) is 59.7 Å². The molecular weight excluding hydrogens is 352 g/mol. The standard InChI is InChI=1S/C23H26N2O3/c1-2-28-20-12-10-16(11-13-20)21-7-4-14-25(21)23(27)18-5-3-6-19(15-18)24-22(26)17-8-9-17/h3,5-6,10-13,15,17,21H,2,4,7-9,14H2,1H3,(H,24,26). The number of anilines is 1. The Bertz CT molecular complexity index is 858. The summed E-state index contributed by atoms with van der Waals surface area (Å²) in [6.45, 7) is 3.35. The van der Waals surface area contributed by atoms with Crippen LogP contribution in [0.2, 0.25) is 0 Å². The van der Waals surface area contributed by atoms with E-state index in [1.165, 1.54) is 0 Å². The molecule has 1 unspecified atom stereocenters. The summed E-state index contributed by atoms with van der Waals surface area (Å²) in [6.07, 6.45) is 3.86. The van der Waals surface area contributed by atoms with Crippen molar-refractivity contribution in [2.45, 2.75) is 38.6 Å². The third kappa shape index (κ3) is 4.03. The van der Waals surface area contributed by atoms with Gasteiger partial charge in [0, 0.05) is 23.7 Å². The maximum absolute atomic E-state index is 13.2. The molecule has 1 atom stereocenters. The molecule has 0 radical (unpaired) electrons. The molecule has 0 aromatic heterocycles. The third-order valence-electron chi connectivity index (χ3n) is 5.41. The molecule has 5 heteroatoms. The number of amides is 2. The van der Waals surface area contributed by atoms with Crippen molar-refractivity contribution in [2.75, 3.05) is 18.5 Å². The van der Waals surface area contributed by atoms with Gasteiger partial charge in [-0.15, -0.1) is 0 Å². The SMILES string of the molecule is CCOc1ccc(C2CCCN2C(=O)c2cccc(NC(=O)C3CC3)c2)cc1. The fourth-order valence-corrected chi connectivity index (χ4v) is 3.79. The van der Waals surface area contributed by atoms with Crippen LogP contribution in [0.3, 0.4) is 0 Å². The molecule has 1 aliphatic heterocycles. The first-order valence-electron chi connectivity index (χ1n) is 10.1. The zero-order valence-electron chi connectivity index (χ0n) is 16.2. The number of rotatable bonds is 6. The molecule has 5 nitrogen and oxygen atoms in total. The Labute approximate surface area is 165 Å². The lowest BCUT2D eigenvalue weighted by Crippen LogP contribution is -2.30. The van der Waals surface area contributed by atoms with E-state index in [1.807, 2.05) is 54.3 Å². The fourth-order valence-electron chi connectivity index (χ4n) is 3.79. The Morgan fingerprint density at radius 1 is 1.11 bits per heavy atom. The van der Waals surface area contributed by atoms with Crippen LogP contribution in [0.4, 0.5) is 5.69 Å². The average molecular weight is 378 g/mol. The van der Waals surface area contributed by atoms with Crippen molar-refractivity contribution in [1.29, 1.82) is 0 Å². The highest BCUT2D eigenvalue weighted by Crippen LogP contribution is 2.34. The van der Waals surface area contributed by atoms with Gasteiger partial charge in [0.25, 0.3) is 5.91 Å². The van der Waals surface area contributed by atoms with Gasteiger partial charge in [-0.2, -0.15) is 0 Å². The van der Waals surface area contributed by atoms with Crippen LogP contribution < -0.4 is 10.1 Å². The van der Waals surface area contributed by atoms with Gasteiger partial charge in [-0.25, -0.2) is 0 Å². The van der Waals surface area contributed by atoms with E-state index < -0.39 is 0 Å². The summed E-state index contributed by atoms with van der Waals surface area (Å²) in [7, 11) is 0. The Balaban J connectivity index is 1.49. The van der Waals surface area contributed by atoms with Crippen LogP contribution in [0.15, 0.2) is 48.5 Å². The lowest BCUT2D eigenvalue weighted by molar-refractivity contribution is -0.117. The van der Waals surface area contributed by atoms with E-state index in [1.54, 1.807) is 6.07 Å². The van der Waals surface area contributed by atoms with E-state index in [2.05, 4.69) is 5.32 Å². The molecule has 1 saturated carbocycles. The van der Waals surface area contributed by atoms with Crippen molar-refractivity contribution in [1.82, 2.24) is 4.90 Å². The van der Waals surface area contributed by atoms with Gasteiger partial charge in [0.2, 0.25) is 5.91 Å². The minimum absolute atomic E-state index is 0.0129. The predicted octanol–water partition coefficient (Wildman–Crippen LogP) is 4.41. The van der Waals surface area contributed by atoms with Gasteiger partial charge in [-0.3, -0.25) is 9.59 Å². The van der Waals surface area contributed by atoms with E-state index in [0.29, 0.717) is 17.9 Å². The highest BCUT2D eigenvalue weighted by Gasteiger charge is 2.31. The molecule has 1 N–H and O–H groups in total. The number of nitrogens with zero attached hydrogens (tertiary/aromatic N) is 1. The van der Waals surface area contributed by atoms with Gasteiger partial charge >= 0.3 is 0 Å². The lowest BCUT2D eigenvalue weighted by atomic mass is 10.0. The normalized spacial score (nSPS) is 18.8. The maximum Gasteiger partial charge on any atom is 0.254 e. The Kier molecular flexibility index (Phi) is 5.33. The molecule has 28 heavy (non-hydrogen) atoms. The number of hydrogen-bond donors (Lipinski definition) is 1. The van der Waals surface area contributed by atoms with Gasteiger partial charge in [0.05, 0.1) is 12.6 Å². The van der Waals surface area contributed by atoms with E-state index in [0.717, 1.165) is 43.5 Å². The Morgan fingerprint density at radius 3 is 2.61 bits per heavy atom. The number of benzene rings is 2. The van der Waals surface area contributed by atoms with Crippen molar-refractivity contribution < 1.29 is 14.3 Å². The van der Waals surface area contributed by atoms with Crippen LogP contribution in [0.1, 0.15) is 54.6 Å².